The van der Waals surface area contributed by atoms with Gasteiger partial charge in [0.25, 0.3) is 0 Å². The maximum atomic E-state index is 12.4. The summed E-state index contributed by atoms with van der Waals surface area (Å²) in [4.78, 5) is 10.7. The molecule has 0 radical (unpaired) electrons. The van der Waals surface area contributed by atoms with Crippen LogP contribution in [0.1, 0.15) is 16.1 Å². The second-order valence-corrected chi connectivity index (χ2v) is 4.23. The Morgan fingerprint density at radius 3 is 2.71 bits per heavy atom. The van der Waals surface area contributed by atoms with Gasteiger partial charge in [0.05, 0.1) is 11.9 Å². The number of carbonyl (C=O) groups is 1. The molecule has 0 aliphatic heterocycles. The van der Waals surface area contributed by atoms with Gasteiger partial charge in [-0.1, -0.05) is 6.07 Å². The molecular formula is C10H6BrF3N2O. The number of nitrogens with zero attached hydrogens (tertiary/aromatic N) is 2. The summed E-state index contributed by atoms with van der Waals surface area (Å²) in [6.07, 6.45) is -5.20. The van der Waals surface area contributed by atoms with Crippen molar-refractivity contribution in [1.82, 2.24) is 9.61 Å². The van der Waals surface area contributed by atoms with Gasteiger partial charge >= 0.3 is 6.18 Å². The zero-order valence-corrected chi connectivity index (χ0v) is 9.92. The summed E-state index contributed by atoms with van der Waals surface area (Å²) < 4.78 is 39.0. The normalized spacial score (nSPS) is 12.0. The fourth-order valence-electron chi connectivity index (χ4n) is 1.58. The molecule has 0 saturated carbocycles. The molecule has 90 valence electrons. The molecule has 0 aliphatic rings. The number of halogens is 4. The Morgan fingerprint density at radius 1 is 1.41 bits per heavy atom. The van der Waals surface area contributed by atoms with Gasteiger partial charge in [-0.3, -0.25) is 4.79 Å². The van der Waals surface area contributed by atoms with Crippen molar-refractivity contribution >= 4 is 27.7 Å². The van der Waals surface area contributed by atoms with E-state index in [9.17, 15) is 18.0 Å². The summed E-state index contributed by atoms with van der Waals surface area (Å²) in [7, 11) is 0. The van der Waals surface area contributed by atoms with Crippen molar-refractivity contribution in [2.75, 3.05) is 0 Å². The van der Waals surface area contributed by atoms with Crippen molar-refractivity contribution < 1.29 is 18.0 Å². The number of fused-ring (bicyclic) bond motifs is 1. The molecule has 7 heteroatoms. The van der Waals surface area contributed by atoms with Gasteiger partial charge in [0.1, 0.15) is 10.3 Å². The summed E-state index contributed by atoms with van der Waals surface area (Å²) in [6.45, 7) is 0. The monoisotopic (exact) mass is 306 g/mol. The zero-order chi connectivity index (χ0) is 12.6. The van der Waals surface area contributed by atoms with Crippen LogP contribution < -0.4 is 0 Å². The van der Waals surface area contributed by atoms with E-state index in [1.807, 2.05) is 0 Å². The maximum absolute atomic E-state index is 12.4. The minimum absolute atomic E-state index is 0.103. The predicted octanol–water partition coefficient (Wildman–Crippen LogP) is 3.01. The number of hydrogen-bond acceptors (Lipinski definition) is 2. The van der Waals surface area contributed by atoms with Crippen molar-refractivity contribution in [3.63, 3.8) is 0 Å². The summed E-state index contributed by atoms with van der Waals surface area (Å²) >= 11 is 3.16. The first-order valence-electron chi connectivity index (χ1n) is 4.60. The van der Waals surface area contributed by atoms with Crippen molar-refractivity contribution in [2.45, 2.75) is 12.6 Å². The Bertz CT molecular complexity index is 577. The van der Waals surface area contributed by atoms with Crippen LogP contribution in [0.25, 0.3) is 5.52 Å². The smallest absolute Gasteiger partial charge is 0.296 e. The second-order valence-electron chi connectivity index (χ2n) is 3.42. The van der Waals surface area contributed by atoms with Gasteiger partial charge < -0.3 is 0 Å². The van der Waals surface area contributed by atoms with E-state index in [2.05, 4.69) is 21.0 Å². The molecule has 2 heterocycles. The summed E-state index contributed by atoms with van der Waals surface area (Å²) in [5.41, 5.74) is -0.0122. The molecule has 17 heavy (non-hydrogen) atoms. The average molecular weight is 307 g/mol. The number of aldehydes is 1. The third-order valence-electron chi connectivity index (χ3n) is 2.23. The van der Waals surface area contributed by atoms with Crippen LogP contribution in [-0.4, -0.2) is 22.1 Å². The molecule has 0 N–H and O–H groups in total. The van der Waals surface area contributed by atoms with Crippen LogP contribution in [0.2, 0.25) is 0 Å². The van der Waals surface area contributed by atoms with Gasteiger partial charge in [-0.2, -0.15) is 18.3 Å². The molecule has 2 rings (SSSR count). The zero-order valence-electron chi connectivity index (χ0n) is 8.33. The van der Waals surface area contributed by atoms with E-state index in [-0.39, 0.29) is 16.8 Å². The number of rotatable bonds is 2. The lowest BCUT2D eigenvalue weighted by molar-refractivity contribution is -0.127. The van der Waals surface area contributed by atoms with Crippen LogP contribution >= 0.6 is 15.9 Å². The van der Waals surface area contributed by atoms with Gasteiger partial charge in [0, 0.05) is 5.56 Å². The molecule has 2 aromatic rings. The lowest BCUT2D eigenvalue weighted by atomic mass is 10.1. The number of carbonyl (C=O) groups excluding carboxylic acids is 1. The Balaban J connectivity index is 2.67. The van der Waals surface area contributed by atoms with E-state index in [1.165, 1.54) is 10.6 Å². The molecule has 0 atom stereocenters. The van der Waals surface area contributed by atoms with E-state index in [1.54, 1.807) is 12.1 Å². The predicted molar refractivity (Wildman–Crippen MR) is 58.0 cm³/mol. The van der Waals surface area contributed by atoms with E-state index in [0.29, 0.717) is 10.9 Å². The van der Waals surface area contributed by atoms with Crippen molar-refractivity contribution in [3.8, 4) is 0 Å². The average Bonchev–Trinajstić information content (AvgIpc) is 2.56. The molecule has 0 amide bonds. The third kappa shape index (κ3) is 2.33. The minimum atomic E-state index is -4.37. The third-order valence-corrected chi connectivity index (χ3v) is 2.83. The molecule has 0 bridgehead atoms. The van der Waals surface area contributed by atoms with Gasteiger partial charge in [-0.25, -0.2) is 4.52 Å². The van der Waals surface area contributed by atoms with Gasteiger partial charge in [-0.15, -0.1) is 0 Å². The molecule has 0 aromatic carbocycles. The van der Waals surface area contributed by atoms with Crippen molar-refractivity contribution in [3.05, 3.63) is 34.1 Å². The second kappa shape index (κ2) is 4.14. The fourth-order valence-corrected chi connectivity index (χ4v) is 2.00. The molecule has 2 aromatic heterocycles. The van der Waals surface area contributed by atoms with Crippen molar-refractivity contribution in [1.29, 1.82) is 0 Å². The van der Waals surface area contributed by atoms with Gasteiger partial charge in [0.15, 0.2) is 6.29 Å². The standard InChI is InChI=1S/C10H6BrF3N2O/c11-9-3-1-2-8-6(4-10(12,13)14)7(5-17)15-16(8)9/h1-3,5H,4H2. The van der Waals surface area contributed by atoms with Crippen LogP contribution in [0.15, 0.2) is 22.8 Å². The quantitative estimate of drug-likeness (QED) is 0.631. The summed E-state index contributed by atoms with van der Waals surface area (Å²) in [5, 5.41) is 3.82. The highest BCUT2D eigenvalue weighted by Gasteiger charge is 2.31. The Hall–Kier alpha value is -1.37. The van der Waals surface area contributed by atoms with Crippen LogP contribution in [-0.2, 0) is 6.42 Å². The Kier molecular flexibility index (Phi) is 2.94. The van der Waals surface area contributed by atoms with E-state index in [0.717, 1.165) is 0 Å². The van der Waals surface area contributed by atoms with E-state index < -0.39 is 12.6 Å². The summed E-state index contributed by atoms with van der Waals surface area (Å²) in [6, 6.07) is 4.72. The summed E-state index contributed by atoms with van der Waals surface area (Å²) in [5.74, 6) is 0. The maximum Gasteiger partial charge on any atom is 0.393 e. The van der Waals surface area contributed by atoms with Crippen molar-refractivity contribution in [2.24, 2.45) is 0 Å². The molecular weight excluding hydrogens is 301 g/mol. The lowest BCUT2D eigenvalue weighted by Gasteiger charge is -2.05. The van der Waals surface area contributed by atoms with Crippen LogP contribution in [0.4, 0.5) is 13.2 Å². The Morgan fingerprint density at radius 2 is 2.12 bits per heavy atom. The largest absolute Gasteiger partial charge is 0.393 e. The highest BCUT2D eigenvalue weighted by Crippen LogP contribution is 2.27. The van der Waals surface area contributed by atoms with Crippen LogP contribution in [0.5, 0.6) is 0 Å². The van der Waals surface area contributed by atoms with Gasteiger partial charge in [-0.05, 0) is 28.1 Å². The number of alkyl halides is 3. The van der Waals surface area contributed by atoms with E-state index >= 15 is 0 Å². The SMILES string of the molecule is O=Cc1nn2c(Br)cccc2c1CC(F)(F)F. The van der Waals surface area contributed by atoms with E-state index in [4.69, 9.17) is 0 Å². The van der Waals surface area contributed by atoms with Crippen LogP contribution in [0, 0.1) is 0 Å². The Labute approximate surface area is 102 Å². The topological polar surface area (TPSA) is 34.4 Å². The highest BCUT2D eigenvalue weighted by atomic mass is 79.9. The molecule has 0 spiro atoms. The first kappa shape index (κ1) is 12.1. The fraction of sp³-hybridized carbons (Fsp3) is 0.200. The first-order valence-corrected chi connectivity index (χ1v) is 5.40. The van der Waals surface area contributed by atoms with Gasteiger partial charge in [0.2, 0.25) is 0 Å². The number of hydrogen-bond donors (Lipinski definition) is 0. The molecule has 0 unspecified atom stereocenters. The van der Waals surface area contributed by atoms with Crippen LogP contribution in [0.3, 0.4) is 0 Å². The number of aromatic nitrogens is 2. The molecule has 3 nitrogen and oxygen atoms in total. The lowest BCUT2D eigenvalue weighted by Crippen LogP contribution is -2.12. The highest BCUT2D eigenvalue weighted by molar-refractivity contribution is 9.10. The number of pyridine rings is 1. The first-order chi connectivity index (χ1) is 7.92. The minimum Gasteiger partial charge on any atom is -0.296 e. The molecule has 0 saturated heterocycles. The molecule has 0 aliphatic carbocycles. The molecule has 0 fully saturated rings.